The molecule has 1 heterocycles. The average Bonchev–Trinajstić information content (AvgIpc) is 2.54. The van der Waals surface area contributed by atoms with Crippen molar-refractivity contribution in [2.45, 2.75) is 71.4 Å². The van der Waals surface area contributed by atoms with Crippen LogP contribution in [0.5, 0.6) is 0 Å². The number of likely N-dealkylation sites (tertiary alicyclic amines) is 1. The Kier molecular flexibility index (Phi) is 6.20. The van der Waals surface area contributed by atoms with Crippen LogP contribution in [0.4, 0.5) is 5.69 Å². The Hall–Kier alpha value is -1.84. The first-order chi connectivity index (χ1) is 11.0. The molecule has 1 N–H and O–H groups in total. The molecule has 1 aliphatic rings. The number of amides is 2. The molecule has 1 aliphatic heterocycles. The molecule has 0 saturated carbocycles. The summed E-state index contributed by atoms with van der Waals surface area (Å²) in [4.78, 5) is 26.4. The molecular formula is C19H28N2O2. The molecule has 0 radical (unpaired) electrons. The van der Waals surface area contributed by atoms with Crippen LogP contribution in [-0.4, -0.2) is 28.8 Å². The van der Waals surface area contributed by atoms with Crippen LogP contribution < -0.4 is 5.32 Å². The highest BCUT2D eigenvalue weighted by Crippen LogP contribution is 2.23. The van der Waals surface area contributed by atoms with Gasteiger partial charge >= 0.3 is 11.8 Å². The topological polar surface area (TPSA) is 49.4 Å². The van der Waals surface area contributed by atoms with E-state index in [1.54, 1.807) is 4.90 Å². The third-order valence-corrected chi connectivity index (χ3v) is 4.65. The number of carbonyl (C=O) groups excluding carboxylic acids is 2. The first kappa shape index (κ1) is 17.5. The molecule has 2 rings (SSSR count). The summed E-state index contributed by atoms with van der Waals surface area (Å²) in [6.45, 7) is 6.20. The van der Waals surface area contributed by atoms with Gasteiger partial charge in [0.05, 0.1) is 0 Å². The number of rotatable bonds is 4. The van der Waals surface area contributed by atoms with Crippen molar-refractivity contribution in [1.82, 2.24) is 4.90 Å². The SMILES string of the molecule is CCCCc1ccc(NC(=O)C(=O)N2C(C)CCCC2C)cc1. The number of nitrogens with zero attached hydrogens (tertiary/aromatic N) is 1. The van der Waals surface area contributed by atoms with Crippen molar-refractivity contribution in [3.05, 3.63) is 29.8 Å². The molecule has 4 nitrogen and oxygen atoms in total. The van der Waals surface area contributed by atoms with Gasteiger partial charge in [-0.05, 0) is 63.6 Å². The molecule has 1 aromatic rings. The van der Waals surface area contributed by atoms with Crippen molar-refractivity contribution in [2.24, 2.45) is 0 Å². The summed E-state index contributed by atoms with van der Waals surface area (Å²) >= 11 is 0. The van der Waals surface area contributed by atoms with Gasteiger partial charge in [-0.3, -0.25) is 9.59 Å². The van der Waals surface area contributed by atoms with Crippen molar-refractivity contribution >= 4 is 17.5 Å². The van der Waals surface area contributed by atoms with Gasteiger partial charge in [0, 0.05) is 17.8 Å². The maximum Gasteiger partial charge on any atom is 0.313 e. The fraction of sp³-hybridized carbons (Fsp3) is 0.579. The molecule has 0 aliphatic carbocycles. The molecule has 0 bridgehead atoms. The monoisotopic (exact) mass is 316 g/mol. The number of piperidine rings is 1. The maximum atomic E-state index is 12.4. The van der Waals surface area contributed by atoms with Crippen LogP contribution in [-0.2, 0) is 16.0 Å². The van der Waals surface area contributed by atoms with Gasteiger partial charge in [-0.25, -0.2) is 0 Å². The minimum atomic E-state index is -0.535. The lowest BCUT2D eigenvalue weighted by Crippen LogP contribution is -2.51. The Labute approximate surface area is 139 Å². The lowest BCUT2D eigenvalue weighted by atomic mass is 9.97. The second kappa shape index (κ2) is 8.14. The maximum absolute atomic E-state index is 12.4. The van der Waals surface area contributed by atoms with Crippen LogP contribution in [0.3, 0.4) is 0 Å². The highest BCUT2D eigenvalue weighted by atomic mass is 16.2. The highest BCUT2D eigenvalue weighted by Gasteiger charge is 2.32. The molecule has 1 saturated heterocycles. The smallest absolute Gasteiger partial charge is 0.313 e. The number of unbranched alkanes of at least 4 members (excludes halogenated alkanes) is 1. The highest BCUT2D eigenvalue weighted by molar-refractivity contribution is 6.39. The summed E-state index contributed by atoms with van der Waals surface area (Å²) in [5.41, 5.74) is 1.94. The molecule has 1 fully saturated rings. The average molecular weight is 316 g/mol. The molecule has 23 heavy (non-hydrogen) atoms. The van der Waals surface area contributed by atoms with Gasteiger partial charge < -0.3 is 10.2 Å². The number of aryl methyl sites for hydroxylation is 1. The van der Waals surface area contributed by atoms with E-state index in [9.17, 15) is 9.59 Å². The summed E-state index contributed by atoms with van der Waals surface area (Å²) in [5, 5.41) is 2.73. The van der Waals surface area contributed by atoms with E-state index in [1.807, 2.05) is 38.1 Å². The van der Waals surface area contributed by atoms with Gasteiger partial charge in [0.1, 0.15) is 0 Å². The van der Waals surface area contributed by atoms with Gasteiger partial charge in [0.25, 0.3) is 0 Å². The molecule has 2 atom stereocenters. The Balaban J connectivity index is 1.96. The first-order valence-electron chi connectivity index (χ1n) is 8.75. The van der Waals surface area contributed by atoms with Crippen molar-refractivity contribution in [1.29, 1.82) is 0 Å². The van der Waals surface area contributed by atoms with Crippen LogP contribution >= 0.6 is 0 Å². The largest absolute Gasteiger partial charge is 0.329 e. The van der Waals surface area contributed by atoms with Crippen molar-refractivity contribution < 1.29 is 9.59 Å². The summed E-state index contributed by atoms with van der Waals surface area (Å²) in [5.74, 6) is -0.952. The fourth-order valence-electron chi connectivity index (χ4n) is 3.26. The minimum absolute atomic E-state index is 0.133. The van der Waals surface area contributed by atoms with E-state index >= 15 is 0 Å². The second-order valence-electron chi connectivity index (χ2n) is 6.60. The number of nitrogens with one attached hydrogen (secondary N) is 1. The normalized spacial score (nSPS) is 21.1. The van der Waals surface area contributed by atoms with Gasteiger partial charge in [0.15, 0.2) is 0 Å². The van der Waals surface area contributed by atoms with Crippen LogP contribution in [0, 0.1) is 0 Å². The molecule has 2 amide bonds. The van der Waals surface area contributed by atoms with Crippen LogP contribution in [0.25, 0.3) is 0 Å². The van der Waals surface area contributed by atoms with Crippen molar-refractivity contribution in [2.75, 3.05) is 5.32 Å². The third-order valence-electron chi connectivity index (χ3n) is 4.65. The van der Waals surface area contributed by atoms with Crippen LogP contribution in [0.2, 0.25) is 0 Å². The number of hydrogen-bond donors (Lipinski definition) is 1. The van der Waals surface area contributed by atoms with Gasteiger partial charge in [-0.15, -0.1) is 0 Å². The van der Waals surface area contributed by atoms with Crippen LogP contribution in [0.15, 0.2) is 24.3 Å². The first-order valence-corrected chi connectivity index (χ1v) is 8.75. The number of hydrogen-bond acceptors (Lipinski definition) is 2. The zero-order valence-electron chi connectivity index (χ0n) is 14.5. The Morgan fingerprint density at radius 3 is 2.30 bits per heavy atom. The molecule has 126 valence electrons. The van der Waals surface area contributed by atoms with Crippen molar-refractivity contribution in [3.63, 3.8) is 0 Å². The Morgan fingerprint density at radius 2 is 1.74 bits per heavy atom. The number of benzene rings is 1. The van der Waals surface area contributed by atoms with Crippen LogP contribution in [0.1, 0.15) is 58.4 Å². The predicted molar refractivity (Wildman–Crippen MR) is 93.3 cm³/mol. The van der Waals surface area contributed by atoms with E-state index in [2.05, 4.69) is 12.2 Å². The molecule has 2 unspecified atom stereocenters. The fourth-order valence-corrected chi connectivity index (χ4v) is 3.26. The second-order valence-corrected chi connectivity index (χ2v) is 6.60. The summed E-state index contributed by atoms with van der Waals surface area (Å²) in [6, 6.07) is 8.05. The predicted octanol–water partition coefficient (Wildman–Crippen LogP) is 3.76. The van der Waals surface area contributed by atoms with E-state index in [-0.39, 0.29) is 12.1 Å². The zero-order chi connectivity index (χ0) is 16.8. The number of anilines is 1. The zero-order valence-corrected chi connectivity index (χ0v) is 14.5. The van der Waals surface area contributed by atoms with E-state index in [0.717, 1.165) is 32.1 Å². The third kappa shape index (κ3) is 4.57. The van der Waals surface area contributed by atoms with E-state index in [1.165, 1.54) is 12.0 Å². The van der Waals surface area contributed by atoms with E-state index in [0.29, 0.717) is 5.69 Å². The molecule has 0 aromatic heterocycles. The lowest BCUT2D eigenvalue weighted by Gasteiger charge is -2.38. The lowest BCUT2D eigenvalue weighted by molar-refractivity contribution is -0.147. The quantitative estimate of drug-likeness (QED) is 0.860. The number of carbonyl (C=O) groups is 2. The summed E-state index contributed by atoms with van der Waals surface area (Å²) in [7, 11) is 0. The summed E-state index contributed by atoms with van der Waals surface area (Å²) < 4.78 is 0. The Morgan fingerprint density at radius 1 is 1.13 bits per heavy atom. The Bertz CT molecular complexity index is 529. The van der Waals surface area contributed by atoms with E-state index in [4.69, 9.17) is 0 Å². The minimum Gasteiger partial charge on any atom is -0.329 e. The van der Waals surface area contributed by atoms with Gasteiger partial charge in [-0.1, -0.05) is 25.5 Å². The molecule has 0 spiro atoms. The molecule has 4 heteroatoms. The standard InChI is InChI=1S/C19H28N2O2/c1-4-5-9-16-10-12-17(13-11-16)20-18(22)19(23)21-14(2)7-6-8-15(21)3/h10-15H,4-9H2,1-3H3,(H,20,22). The van der Waals surface area contributed by atoms with E-state index < -0.39 is 11.8 Å². The van der Waals surface area contributed by atoms with Crippen molar-refractivity contribution in [3.8, 4) is 0 Å². The van der Waals surface area contributed by atoms with Gasteiger partial charge in [0.2, 0.25) is 0 Å². The van der Waals surface area contributed by atoms with Gasteiger partial charge in [-0.2, -0.15) is 0 Å². The molecular weight excluding hydrogens is 288 g/mol. The molecule has 1 aromatic carbocycles. The summed E-state index contributed by atoms with van der Waals surface area (Å²) in [6.07, 6.45) is 6.43.